The molecule has 1 aliphatic rings. The number of thiazole rings is 1. The molecule has 1 aromatic rings. The van der Waals surface area contributed by atoms with Gasteiger partial charge in [-0.1, -0.05) is 20.8 Å². The number of aromatic nitrogens is 1. The van der Waals surface area contributed by atoms with Crippen molar-refractivity contribution in [1.29, 1.82) is 0 Å². The molecule has 5 nitrogen and oxygen atoms in total. The fraction of sp³-hybridized carbons (Fsp3) is 0.810. The van der Waals surface area contributed by atoms with Gasteiger partial charge in [0.2, 0.25) is 0 Å². The minimum Gasteiger partial charge on any atom is -0.460 e. The first-order valence-electron chi connectivity index (χ1n) is 10.2. The first kappa shape index (κ1) is 23.5. The third-order valence-corrected chi connectivity index (χ3v) is 11.5. The van der Waals surface area contributed by atoms with E-state index in [0.29, 0.717) is 32.3 Å². The molecule has 0 radical (unpaired) electrons. The van der Waals surface area contributed by atoms with Gasteiger partial charge in [-0.15, -0.1) is 11.3 Å². The van der Waals surface area contributed by atoms with E-state index in [4.69, 9.17) is 9.16 Å². The molecule has 1 heterocycles. The lowest BCUT2D eigenvalue weighted by Gasteiger charge is -2.36. The highest BCUT2D eigenvalue weighted by Gasteiger charge is 2.41. The standard InChI is InChI=1S/C21H37NO4SSi/c1-19(2,3)26-17(23)15-9-11-21(24,12-10-15)18-22-16(14-27-18)13-25-28(7,8)20(4,5)6/h14-15,24H,9-13H2,1-8H3. The Labute approximate surface area is 175 Å². The molecular weight excluding hydrogens is 390 g/mol. The molecule has 0 saturated heterocycles. The van der Waals surface area contributed by atoms with Crippen LogP contribution < -0.4 is 0 Å². The van der Waals surface area contributed by atoms with Crippen LogP contribution in [0.2, 0.25) is 18.1 Å². The Bertz CT molecular complexity index is 679. The Morgan fingerprint density at radius 3 is 2.32 bits per heavy atom. The van der Waals surface area contributed by atoms with Crippen LogP contribution in [-0.2, 0) is 26.2 Å². The maximum atomic E-state index is 12.3. The number of carbonyl (C=O) groups is 1. The molecule has 0 atom stereocenters. The molecule has 0 unspecified atom stereocenters. The van der Waals surface area contributed by atoms with Crippen molar-refractivity contribution in [2.75, 3.05) is 0 Å². The fourth-order valence-corrected chi connectivity index (χ4v) is 4.89. The summed E-state index contributed by atoms with van der Waals surface area (Å²) in [6.45, 7) is 17.3. The van der Waals surface area contributed by atoms with Crippen LogP contribution in [0.1, 0.15) is 77.9 Å². The van der Waals surface area contributed by atoms with Crippen molar-refractivity contribution in [3.8, 4) is 0 Å². The summed E-state index contributed by atoms with van der Waals surface area (Å²) in [5.74, 6) is -0.294. The zero-order chi connectivity index (χ0) is 21.4. The molecule has 0 aromatic carbocycles. The number of esters is 1. The van der Waals surface area contributed by atoms with Crippen molar-refractivity contribution in [3.05, 3.63) is 16.1 Å². The van der Waals surface area contributed by atoms with Gasteiger partial charge in [0.05, 0.1) is 18.2 Å². The first-order valence-corrected chi connectivity index (χ1v) is 14.0. The van der Waals surface area contributed by atoms with E-state index in [9.17, 15) is 9.90 Å². The van der Waals surface area contributed by atoms with Gasteiger partial charge in [0.25, 0.3) is 0 Å². The summed E-state index contributed by atoms with van der Waals surface area (Å²) in [4.78, 5) is 17.0. The molecule has 0 bridgehead atoms. The predicted octanol–water partition coefficient (Wildman–Crippen LogP) is 5.38. The molecule has 1 saturated carbocycles. The number of rotatable bonds is 5. The van der Waals surface area contributed by atoms with Gasteiger partial charge in [-0.05, 0) is 64.6 Å². The summed E-state index contributed by atoms with van der Waals surface area (Å²) in [7, 11) is -1.83. The van der Waals surface area contributed by atoms with E-state index in [-0.39, 0.29) is 16.9 Å². The molecule has 1 aromatic heterocycles. The summed E-state index contributed by atoms with van der Waals surface area (Å²) in [6.07, 6.45) is 2.32. The van der Waals surface area contributed by atoms with Gasteiger partial charge in [-0.2, -0.15) is 0 Å². The summed E-state index contributed by atoms with van der Waals surface area (Å²) >= 11 is 1.49. The minimum atomic E-state index is -1.83. The summed E-state index contributed by atoms with van der Waals surface area (Å²) in [6, 6.07) is 0. The second kappa shape index (κ2) is 8.17. The zero-order valence-corrected chi connectivity index (χ0v) is 20.5. The topological polar surface area (TPSA) is 68.7 Å². The lowest BCUT2D eigenvalue weighted by atomic mass is 9.79. The van der Waals surface area contributed by atoms with Crippen LogP contribution in [0.15, 0.2) is 5.38 Å². The number of hydrogen-bond acceptors (Lipinski definition) is 6. The quantitative estimate of drug-likeness (QED) is 0.504. The average Bonchev–Trinajstić information content (AvgIpc) is 3.01. The number of nitrogens with zero attached hydrogens (tertiary/aromatic N) is 1. The number of carbonyl (C=O) groups excluding carboxylic acids is 1. The van der Waals surface area contributed by atoms with Crippen LogP contribution in [0.25, 0.3) is 0 Å². The SMILES string of the molecule is CC(C)(C)OC(=O)C1CCC(O)(c2nc(CO[Si](C)(C)C(C)(C)C)cs2)CC1. The monoisotopic (exact) mass is 427 g/mol. The van der Waals surface area contributed by atoms with Gasteiger partial charge in [-0.3, -0.25) is 4.79 Å². The largest absolute Gasteiger partial charge is 0.460 e. The van der Waals surface area contributed by atoms with E-state index in [2.05, 4.69) is 38.8 Å². The Hall–Kier alpha value is -0.763. The lowest BCUT2D eigenvalue weighted by Crippen LogP contribution is -2.40. The van der Waals surface area contributed by atoms with Gasteiger partial charge in [0.15, 0.2) is 8.32 Å². The van der Waals surface area contributed by atoms with E-state index < -0.39 is 19.5 Å². The van der Waals surface area contributed by atoms with Gasteiger partial charge in [0.1, 0.15) is 16.2 Å². The highest BCUT2D eigenvalue weighted by molar-refractivity contribution is 7.09. The molecule has 1 aliphatic carbocycles. The Kier molecular flexibility index (Phi) is 6.86. The molecule has 28 heavy (non-hydrogen) atoms. The summed E-state index contributed by atoms with van der Waals surface area (Å²) in [5, 5.41) is 14.0. The van der Waals surface area contributed by atoms with Crippen LogP contribution >= 0.6 is 11.3 Å². The lowest BCUT2D eigenvalue weighted by molar-refractivity contribution is -0.163. The van der Waals surface area contributed by atoms with Crippen LogP contribution in [-0.4, -0.2) is 30.0 Å². The molecule has 0 spiro atoms. The maximum Gasteiger partial charge on any atom is 0.309 e. The molecular formula is C21H37NO4SSi. The van der Waals surface area contributed by atoms with Gasteiger partial charge in [0, 0.05) is 5.38 Å². The van der Waals surface area contributed by atoms with Crippen molar-refractivity contribution >= 4 is 25.6 Å². The third-order valence-electron chi connectivity index (χ3n) is 5.89. The summed E-state index contributed by atoms with van der Waals surface area (Å²) < 4.78 is 11.7. The van der Waals surface area contributed by atoms with Crippen LogP contribution in [0.5, 0.6) is 0 Å². The second-order valence-electron chi connectivity index (χ2n) is 10.5. The van der Waals surface area contributed by atoms with Gasteiger partial charge < -0.3 is 14.3 Å². The van der Waals surface area contributed by atoms with Crippen molar-refractivity contribution in [3.63, 3.8) is 0 Å². The fourth-order valence-electron chi connectivity index (χ4n) is 2.99. The highest BCUT2D eigenvalue weighted by atomic mass is 32.1. The Balaban J connectivity index is 1.95. The number of ether oxygens (including phenoxy) is 1. The minimum absolute atomic E-state index is 0.138. The predicted molar refractivity (Wildman–Crippen MR) is 116 cm³/mol. The average molecular weight is 428 g/mol. The molecule has 1 fully saturated rings. The van der Waals surface area contributed by atoms with Crippen LogP contribution in [0.4, 0.5) is 0 Å². The first-order chi connectivity index (χ1) is 12.6. The van der Waals surface area contributed by atoms with E-state index in [1.165, 1.54) is 11.3 Å². The van der Waals surface area contributed by atoms with Crippen molar-refractivity contribution in [2.45, 2.75) is 103 Å². The highest BCUT2D eigenvalue weighted by Crippen LogP contribution is 2.42. The Morgan fingerprint density at radius 1 is 1.25 bits per heavy atom. The summed E-state index contributed by atoms with van der Waals surface area (Å²) in [5.41, 5.74) is -0.537. The number of aliphatic hydroxyl groups is 1. The molecule has 160 valence electrons. The number of hydrogen-bond donors (Lipinski definition) is 1. The normalized spacial score (nSPS) is 24.2. The molecule has 1 N–H and O–H groups in total. The van der Waals surface area contributed by atoms with Crippen molar-refractivity contribution in [2.24, 2.45) is 5.92 Å². The van der Waals surface area contributed by atoms with E-state index in [0.717, 1.165) is 10.7 Å². The second-order valence-corrected chi connectivity index (χ2v) is 16.2. The van der Waals surface area contributed by atoms with Gasteiger partial charge >= 0.3 is 5.97 Å². The smallest absolute Gasteiger partial charge is 0.309 e. The Morgan fingerprint density at radius 2 is 1.82 bits per heavy atom. The van der Waals surface area contributed by atoms with Crippen LogP contribution in [0.3, 0.4) is 0 Å². The van der Waals surface area contributed by atoms with Crippen molar-refractivity contribution in [1.82, 2.24) is 4.98 Å². The van der Waals surface area contributed by atoms with Gasteiger partial charge in [-0.25, -0.2) is 4.98 Å². The molecule has 2 rings (SSSR count). The van der Waals surface area contributed by atoms with E-state index >= 15 is 0 Å². The third kappa shape index (κ3) is 5.87. The maximum absolute atomic E-state index is 12.3. The molecule has 0 aliphatic heterocycles. The van der Waals surface area contributed by atoms with Crippen LogP contribution in [0, 0.1) is 5.92 Å². The van der Waals surface area contributed by atoms with Crippen molar-refractivity contribution < 1.29 is 19.1 Å². The molecule has 7 heteroatoms. The van der Waals surface area contributed by atoms with E-state index in [1.54, 1.807) is 0 Å². The van der Waals surface area contributed by atoms with E-state index in [1.807, 2.05) is 26.2 Å². The molecule has 0 amide bonds. The zero-order valence-electron chi connectivity index (χ0n) is 18.7.